The van der Waals surface area contributed by atoms with Gasteiger partial charge in [-0.3, -0.25) is 4.90 Å². The van der Waals surface area contributed by atoms with Gasteiger partial charge in [-0.15, -0.1) is 0 Å². The zero-order valence-electron chi connectivity index (χ0n) is 11.9. The first-order chi connectivity index (χ1) is 9.56. The Kier molecular flexibility index (Phi) is 3.73. The highest BCUT2D eigenvalue weighted by Gasteiger charge is 2.26. The zero-order valence-corrected chi connectivity index (χ0v) is 12.7. The molecule has 1 aromatic carbocycles. The molecule has 0 bridgehead atoms. The summed E-state index contributed by atoms with van der Waals surface area (Å²) < 4.78 is 23.9. The smallest absolute Gasteiger partial charge is 0.154 e. The van der Waals surface area contributed by atoms with Crippen molar-refractivity contribution in [2.75, 3.05) is 30.7 Å². The highest BCUT2D eigenvalue weighted by molar-refractivity contribution is 7.92. The standard InChI is InChI=1S/C15H22N2O2S/c1-12-6-8-17(9-10-20(12,18)19)11-14-4-2-3-13-5-7-16-15(13)14/h2-4,12,16H,5-11H2,1H3. The highest BCUT2D eigenvalue weighted by Crippen LogP contribution is 2.28. The molecule has 0 aromatic heterocycles. The van der Waals surface area contributed by atoms with Crippen LogP contribution < -0.4 is 5.32 Å². The summed E-state index contributed by atoms with van der Waals surface area (Å²) in [6.45, 7) is 5.21. The Morgan fingerprint density at radius 1 is 1.35 bits per heavy atom. The number of fused-ring (bicyclic) bond motifs is 1. The number of hydrogen-bond donors (Lipinski definition) is 1. The Hall–Kier alpha value is -1.07. The van der Waals surface area contributed by atoms with Crippen LogP contribution in [0.4, 0.5) is 5.69 Å². The number of para-hydroxylation sites is 1. The molecule has 4 nitrogen and oxygen atoms in total. The maximum absolute atomic E-state index is 11.9. The van der Waals surface area contributed by atoms with Crippen LogP contribution in [0.2, 0.25) is 0 Å². The summed E-state index contributed by atoms with van der Waals surface area (Å²) >= 11 is 0. The van der Waals surface area contributed by atoms with E-state index in [9.17, 15) is 8.42 Å². The fourth-order valence-corrected chi connectivity index (χ4v) is 4.43. The number of rotatable bonds is 2. The van der Waals surface area contributed by atoms with Crippen molar-refractivity contribution in [3.8, 4) is 0 Å². The molecule has 0 spiro atoms. The molecule has 1 aromatic rings. The van der Waals surface area contributed by atoms with E-state index in [1.165, 1.54) is 16.8 Å². The topological polar surface area (TPSA) is 49.4 Å². The molecule has 1 unspecified atom stereocenters. The van der Waals surface area contributed by atoms with Crippen LogP contribution in [0.1, 0.15) is 24.5 Å². The van der Waals surface area contributed by atoms with Crippen LogP contribution in [0, 0.1) is 0 Å². The van der Waals surface area contributed by atoms with E-state index in [4.69, 9.17) is 0 Å². The van der Waals surface area contributed by atoms with Crippen molar-refractivity contribution in [2.45, 2.75) is 31.6 Å². The number of anilines is 1. The number of nitrogens with one attached hydrogen (secondary N) is 1. The van der Waals surface area contributed by atoms with Crippen LogP contribution >= 0.6 is 0 Å². The molecule has 2 aliphatic rings. The predicted molar refractivity (Wildman–Crippen MR) is 81.8 cm³/mol. The Labute approximate surface area is 121 Å². The number of sulfone groups is 1. The molecule has 2 aliphatic heterocycles. The fourth-order valence-electron chi connectivity index (χ4n) is 3.05. The Morgan fingerprint density at radius 3 is 3.05 bits per heavy atom. The van der Waals surface area contributed by atoms with Crippen LogP contribution in [0.5, 0.6) is 0 Å². The Balaban J connectivity index is 1.74. The van der Waals surface area contributed by atoms with Gasteiger partial charge in [0, 0.05) is 25.3 Å². The quantitative estimate of drug-likeness (QED) is 0.901. The second kappa shape index (κ2) is 5.37. The lowest BCUT2D eigenvalue weighted by Crippen LogP contribution is -2.27. The van der Waals surface area contributed by atoms with Crippen molar-refractivity contribution in [3.05, 3.63) is 29.3 Å². The molecule has 1 atom stereocenters. The molecule has 0 aliphatic carbocycles. The van der Waals surface area contributed by atoms with Crippen molar-refractivity contribution in [1.29, 1.82) is 0 Å². The van der Waals surface area contributed by atoms with E-state index < -0.39 is 9.84 Å². The Bertz CT molecular complexity index is 598. The molecule has 110 valence electrons. The normalized spacial score (nSPS) is 25.8. The number of benzene rings is 1. The number of nitrogens with zero attached hydrogens (tertiary/aromatic N) is 1. The first kappa shape index (κ1) is 13.9. The molecule has 1 fully saturated rings. The largest absolute Gasteiger partial charge is 0.384 e. The average Bonchev–Trinajstić information content (AvgIpc) is 2.86. The molecule has 0 saturated carbocycles. The summed E-state index contributed by atoms with van der Waals surface area (Å²) in [5.41, 5.74) is 3.96. The van der Waals surface area contributed by atoms with E-state index in [1.807, 2.05) is 6.92 Å². The zero-order chi connectivity index (χ0) is 14.2. The molecule has 3 rings (SSSR count). The van der Waals surface area contributed by atoms with Gasteiger partial charge in [0.25, 0.3) is 0 Å². The van der Waals surface area contributed by atoms with Gasteiger partial charge in [0.2, 0.25) is 0 Å². The minimum Gasteiger partial charge on any atom is -0.384 e. The van der Waals surface area contributed by atoms with Crippen LogP contribution in [0.25, 0.3) is 0 Å². The van der Waals surface area contributed by atoms with Gasteiger partial charge in [0.05, 0.1) is 11.0 Å². The first-order valence-corrected chi connectivity index (χ1v) is 9.06. The van der Waals surface area contributed by atoms with Gasteiger partial charge in [-0.1, -0.05) is 18.2 Å². The minimum atomic E-state index is -2.89. The third-order valence-corrected chi connectivity index (χ3v) is 6.70. The van der Waals surface area contributed by atoms with Gasteiger partial charge >= 0.3 is 0 Å². The van der Waals surface area contributed by atoms with Crippen molar-refractivity contribution >= 4 is 15.5 Å². The van der Waals surface area contributed by atoms with E-state index >= 15 is 0 Å². The monoisotopic (exact) mass is 294 g/mol. The van der Waals surface area contributed by atoms with E-state index in [-0.39, 0.29) is 11.0 Å². The second-order valence-electron chi connectivity index (χ2n) is 5.87. The van der Waals surface area contributed by atoms with E-state index in [2.05, 4.69) is 28.4 Å². The van der Waals surface area contributed by atoms with E-state index in [1.54, 1.807) is 0 Å². The second-order valence-corrected chi connectivity index (χ2v) is 8.41. The fraction of sp³-hybridized carbons (Fsp3) is 0.600. The molecular formula is C15H22N2O2S. The van der Waals surface area contributed by atoms with Crippen LogP contribution in [0.15, 0.2) is 18.2 Å². The van der Waals surface area contributed by atoms with Crippen molar-refractivity contribution in [3.63, 3.8) is 0 Å². The van der Waals surface area contributed by atoms with Gasteiger partial charge in [-0.05, 0) is 37.4 Å². The third-order valence-electron chi connectivity index (χ3n) is 4.48. The minimum absolute atomic E-state index is 0.202. The molecule has 20 heavy (non-hydrogen) atoms. The summed E-state index contributed by atoms with van der Waals surface area (Å²) in [5, 5.41) is 3.25. The van der Waals surface area contributed by atoms with Crippen molar-refractivity contribution in [1.82, 2.24) is 4.90 Å². The third kappa shape index (κ3) is 2.69. The summed E-state index contributed by atoms with van der Waals surface area (Å²) in [6.07, 6.45) is 1.83. The van der Waals surface area contributed by atoms with Gasteiger partial charge < -0.3 is 5.32 Å². The van der Waals surface area contributed by atoms with Crippen LogP contribution in [-0.4, -0.2) is 44.0 Å². The van der Waals surface area contributed by atoms with Gasteiger partial charge in [-0.25, -0.2) is 8.42 Å². The first-order valence-electron chi connectivity index (χ1n) is 7.35. The molecule has 1 saturated heterocycles. The average molecular weight is 294 g/mol. The number of hydrogen-bond acceptors (Lipinski definition) is 4. The molecule has 5 heteroatoms. The molecule has 0 radical (unpaired) electrons. The molecule has 1 N–H and O–H groups in total. The summed E-state index contributed by atoms with van der Waals surface area (Å²) in [7, 11) is -2.89. The molecular weight excluding hydrogens is 272 g/mol. The Morgan fingerprint density at radius 2 is 2.20 bits per heavy atom. The lowest BCUT2D eigenvalue weighted by Gasteiger charge is -2.21. The molecule has 0 amide bonds. The van der Waals surface area contributed by atoms with Crippen molar-refractivity contribution < 1.29 is 8.42 Å². The highest BCUT2D eigenvalue weighted by atomic mass is 32.2. The van der Waals surface area contributed by atoms with Crippen LogP contribution in [-0.2, 0) is 22.8 Å². The van der Waals surface area contributed by atoms with Crippen LogP contribution in [0.3, 0.4) is 0 Å². The van der Waals surface area contributed by atoms with Gasteiger partial charge in [0.1, 0.15) is 0 Å². The van der Waals surface area contributed by atoms with E-state index in [0.29, 0.717) is 6.54 Å². The predicted octanol–water partition coefficient (Wildman–Crippen LogP) is 1.66. The lowest BCUT2D eigenvalue weighted by molar-refractivity contribution is 0.284. The summed E-state index contributed by atoms with van der Waals surface area (Å²) in [6, 6.07) is 6.44. The van der Waals surface area contributed by atoms with Crippen molar-refractivity contribution in [2.24, 2.45) is 0 Å². The van der Waals surface area contributed by atoms with Gasteiger partial charge in [0.15, 0.2) is 9.84 Å². The SMILES string of the molecule is CC1CCN(Cc2cccc3c2NCC3)CCS1(=O)=O. The summed E-state index contributed by atoms with van der Waals surface area (Å²) in [4.78, 5) is 2.27. The lowest BCUT2D eigenvalue weighted by atomic mass is 10.1. The maximum atomic E-state index is 11.9. The van der Waals surface area contributed by atoms with E-state index in [0.717, 1.165) is 32.5 Å². The molecule has 2 heterocycles. The van der Waals surface area contributed by atoms with Gasteiger partial charge in [-0.2, -0.15) is 0 Å². The summed E-state index contributed by atoms with van der Waals surface area (Å²) in [5.74, 6) is 0.288. The maximum Gasteiger partial charge on any atom is 0.154 e.